The van der Waals surface area contributed by atoms with Crippen LogP contribution < -0.4 is 4.74 Å². The van der Waals surface area contributed by atoms with Gasteiger partial charge in [-0.3, -0.25) is 4.99 Å². The number of aliphatic hydroxyl groups excluding tert-OH is 1. The molecule has 3 atom stereocenters. The predicted octanol–water partition coefficient (Wildman–Crippen LogP) is 5.77. The molecule has 2 aromatic rings. The quantitative estimate of drug-likeness (QED) is 0.612. The van der Waals surface area contributed by atoms with Crippen LogP contribution in [0.1, 0.15) is 11.5 Å². The molecule has 0 saturated carbocycles. The van der Waals surface area contributed by atoms with E-state index in [2.05, 4.69) is 4.99 Å². The lowest BCUT2D eigenvalue weighted by molar-refractivity contribution is 0.161. The van der Waals surface area contributed by atoms with Crippen molar-refractivity contribution in [2.24, 2.45) is 10.9 Å². The highest BCUT2D eigenvalue weighted by molar-refractivity contribution is 8.03. The highest BCUT2D eigenvalue weighted by Gasteiger charge is 2.35. The van der Waals surface area contributed by atoms with Gasteiger partial charge in [0, 0.05) is 45.3 Å². The number of aliphatic imine (C=N–C) groups is 1. The normalized spacial score (nSPS) is 22.2. The third kappa shape index (κ3) is 4.89. The molecule has 0 radical (unpaired) electrons. The molecule has 3 unspecified atom stereocenters. The minimum atomic E-state index is -0.608. The van der Waals surface area contributed by atoms with Crippen molar-refractivity contribution in [3.8, 4) is 5.75 Å². The molecule has 29 heavy (non-hydrogen) atoms. The van der Waals surface area contributed by atoms with Crippen LogP contribution in [0.4, 0.5) is 0 Å². The van der Waals surface area contributed by atoms with Gasteiger partial charge in [-0.15, -0.1) is 11.8 Å². The van der Waals surface area contributed by atoms with Gasteiger partial charge in [0.15, 0.2) is 0 Å². The van der Waals surface area contributed by atoms with Crippen molar-refractivity contribution in [3.63, 3.8) is 0 Å². The molecule has 0 aromatic heterocycles. The molecule has 2 aliphatic rings. The molecule has 3 nitrogen and oxygen atoms in total. The smallest absolute Gasteiger partial charge is 0.119 e. The Balaban J connectivity index is 1.61. The number of allylic oxidation sites excluding steroid dienone is 1. The fraction of sp³-hybridized carbons (Fsp3) is 0.261. The molecular weight excluding hydrogens is 425 g/mol. The van der Waals surface area contributed by atoms with E-state index in [4.69, 9.17) is 27.9 Å². The molecule has 0 bridgehead atoms. The van der Waals surface area contributed by atoms with Crippen LogP contribution in [0.2, 0.25) is 10.0 Å². The average molecular weight is 446 g/mol. The van der Waals surface area contributed by atoms with Gasteiger partial charge >= 0.3 is 0 Å². The van der Waals surface area contributed by atoms with Gasteiger partial charge in [0.2, 0.25) is 0 Å². The van der Waals surface area contributed by atoms with Gasteiger partial charge in [-0.05, 0) is 53.6 Å². The Hall–Kier alpha value is -1.72. The van der Waals surface area contributed by atoms with Gasteiger partial charge in [0.05, 0.1) is 6.10 Å². The SMILES string of the molecule is OC(C1=C(COc2ccc(Cl)cc2)SCC1c1ccc(Cl)cc1)C1C=CC=NC1. The maximum atomic E-state index is 11.3. The number of dihydropyridines is 1. The second-order valence-corrected chi connectivity index (χ2v) is 9.03. The van der Waals surface area contributed by atoms with Crippen molar-refractivity contribution in [1.29, 1.82) is 0 Å². The largest absolute Gasteiger partial charge is 0.488 e. The summed E-state index contributed by atoms with van der Waals surface area (Å²) in [5.74, 6) is 1.71. The van der Waals surface area contributed by atoms with Crippen LogP contribution in [0.5, 0.6) is 5.75 Å². The second kappa shape index (κ2) is 9.40. The summed E-state index contributed by atoms with van der Waals surface area (Å²) in [5, 5.41) is 12.7. The summed E-state index contributed by atoms with van der Waals surface area (Å²) in [6, 6.07) is 15.2. The first-order chi connectivity index (χ1) is 14.1. The average Bonchev–Trinajstić information content (AvgIpc) is 3.18. The van der Waals surface area contributed by atoms with Gasteiger partial charge in [-0.1, -0.05) is 41.4 Å². The molecular formula is C23H21Cl2NO2S. The molecule has 0 fully saturated rings. The van der Waals surface area contributed by atoms with E-state index in [1.165, 1.54) is 0 Å². The van der Waals surface area contributed by atoms with Gasteiger partial charge in [0.25, 0.3) is 0 Å². The number of hydrogen-bond donors (Lipinski definition) is 1. The van der Waals surface area contributed by atoms with Gasteiger partial charge in [-0.25, -0.2) is 0 Å². The molecule has 2 heterocycles. The number of nitrogens with zero attached hydrogens (tertiary/aromatic N) is 1. The third-order valence-corrected chi connectivity index (χ3v) is 6.87. The highest BCUT2D eigenvalue weighted by atomic mass is 35.5. The second-order valence-electron chi connectivity index (χ2n) is 7.04. The van der Waals surface area contributed by atoms with Crippen LogP contribution in [-0.4, -0.2) is 36.3 Å². The van der Waals surface area contributed by atoms with Crippen molar-refractivity contribution < 1.29 is 9.84 Å². The summed E-state index contributed by atoms with van der Waals surface area (Å²) in [6.07, 6.45) is 5.11. The van der Waals surface area contributed by atoms with E-state index in [1.807, 2.05) is 60.7 Å². The molecule has 1 N–H and O–H groups in total. The third-order valence-electron chi connectivity index (χ3n) is 5.17. The minimum Gasteiger partial charge on any atom is -0.488 e. The summed E-state index contributed by atoms with van der Waals surface area (Å²) in [5.41, 5.74) is 2.18. The number of rotatable bonds is 6. The van der Waals surface area contributed by atoms with Crippen molar-refractivity contribution in [1.82, 2.24) is 0 Å². The van der Waals surface area contributed by atoms with Gasteiger partial charge in [-0.2, -0.15) is 0 Å². The van der Waals surface area contributed by atoms with Crippen LogP contribution in [0.3, 0.4) is 0 Å². The zero-order valence-corrected chi connectivity index (χ0v) is 18.0. The van der Waals surface area contributed by atoms with Crippen molar-refractivity contribution >= 4 is 41.2 Å². The number of halogens is 2. The van der Waals surface area contributed by atoms with E-state index in [1.54, 1.807) is 18.0 Å². The summed E-state index contributed by atoms with van der Waals surface area (Å²) in [4.78, 5) is 5.40. The zero-order valence-electron chi connectivity index (χ0n) is 15.7. The van der Waals surface area contributed by atoms with E-state index in [0.717, 1.165) is 27.5 Å². The van der Waals surface area contributed by atoms with Crippen molar-refractivity contribution in [2.45, 2.75) is 12.0 Å². The van der Waals surface area contributed by atoms with Crippen molar-refractivity contribution in [2.75, 3.05) is 18.9 Å². The first kappa shape index (κ1) is 20.5. The van der Waals surface area contributed by atoms with Crippen LogP contribution in [0, 0.1) is 5.92 Å². The maximum absolute atomic E-state index is 11.3. The Morgan fingerprint density at radius 3 is 2.41 bits per heavy atom. The van der Waals surface area contributed by atoms with Crippen LogP contribution in [0.15, 0.2) is 76.2 Å². The molecule has 2 aliphatic heterocycles. The van der Waals surface area contributed by atoms with Gasteiger partial charge < -0.3 is 9.84 Å². The Kier molecular flexibility index (Phi) is 6.66. The van der Waals surface area contributed by atoms with Crippen LogP contribution in [0.25, 0.3) is 0 Å². The van der Waals surface area contributed by atoms with E-state index in [0.29, 0.717) is 23.2 Å². The predicted molar refractivity (Wildman–Crippen MR) is 123 cm³/mol. The Morgan fingerprint density at radius 1 is 1.07 bits per heavy atom. The first-order valence-electron chi connectivity index (χ1n) is 9.46. The summed E-state index contributed by atoms with van der Waals surface area (Å²) in [7, 11) is 0. The Bertz CT molecular complexity index is 938. The first-order valence-corrected chi connectivity index (χ1v) is 11.2. The van der Waals surface area contributed by atoms with Crippen LogP contribution in [-0.2, 0) is 0 Å². The maximum Gasteiger partial charge on any atom is 0.119 e. The molecule has 6 heteroatoms. The Morgan fingerprint density at radius 2 is 1.76 bits per heavy atom. The van der Waals surface area contributed by atoms with Crippen molar-refractivity contribution in [3.05, 3.63) is 86.8 Å². The Labute approximate surface area is 185 Å². The number of thioether (sulfide) groups is 1. The molecule has 0 saturated heterocycles. The number of aliphatic hydroxyl groups is 1. The lowest BCUT2D eigenvalue weighted by Crippen LogP contribution is -2.28. The molecule has 0 spiro atoms. The molecule has 150 valence electrons. The molecule has 0 aliphatic carbocycles. The highest BCUT2D eigenvalue weighted by Crippen LogP contribution is 2.45. The fourth-order valence-electron chi connectivity index (χ4n) is 3.63. The van der Waals surface area contributed by atoms with E-state index in [-0.39, 0.29) is 11.8 Å². The van der Waals surface area contributed by atoms with Crippen LogP contribution >= 0.6 is 35.0 Å². The lowest BCUT2D eigenvalue weighted by atomic mass is 9.83. The molecule has 4 rings (SSSR count). The zero-order chi connectivity index (χ0) is 20.2. The standard InChI is InChI=1S/C23H21Cl2NO2S/c24-17-5-3-15(4-6-17)20-14-29-21(13-28-19-9-7-18(25)8-10-19)22(20)23(27)16-2-1-11-26-12-16/h1-11,16,20,23,27H,12-14H2. The molecule has 0 amide bonds. The summed E-state index contributed by atoms with van der Waals surface area (Å²) < 4.78 is 6.00. The summed E-state index contributed by atoms with van der Waals surface area (Å²) in [6.45, 7) is 1.01. The number of benzene rings is 2. The molecule has 2 aromatic carbocycles. The fourth-order valence-corrected chi connectivity index (χ4v) is 5.19. The van der Waals surface area contributed by atoms with E-state index in [9.17, 15) is 5.11 Å². The van der Waals surface area contributed by atoms with E-state index >= 15 is 0 Å². The van der Waals surface area contributed by atoms with E-state index < -0.39 is 6.10 Å². The lowest BCUT2D eigenvalue weighted by Gasteiger charge is -2.26. The minimum absolute atomic E-state index is 0.0333. The van der Waals surface area contributed by atoms with Gasteiger partial charge in [0.1, 0.15) is 12.4 Å². The number of hydrogen-bond acceptors (Lipinski definition) is 4. The topological polar surface area (TPSA) is 41.8 Å². The number of ether oxygens (including phenoxy) is 1. The summed E-state index contributed by atoms with van der Waals surface area (Å²) >= 11 is 13.8. The monoisotopic (exact) mass is 445 g/mol.